The minimum atomic E-state index is -0.161. The molecule has 0 aromatic heterocycles. The SMILES string of the molecule is CC12CCCCCC(Cc3ccc(OC(=O)CCCCCCCCC(=O)Oc4ccc5c(c4)C4(C)CCCCCC(C5)C4N)cc31)C2N. The Kier molecular flexibility index (Phi) is 11.3. The molecule has 6 heteroatoms. The zero-order valence-corrected chi connectivity index (χ0v) is 29.7. The quantitative estimate of drug-likeness (QED) is 0.142. The summed E-state index contributed by atoms with van der Waals surface area (Å²) < 4.78 is 11.6. The van der Waals surface area contributed by atoms with Crippen molar-refractivity contribution in [1.82, 2.24) is 0 Å². The van der Waals surface area contributed by atoms with Gasteiger partial charge in [-0.25, -0.2) is 0 Å². The minimum Gasteiger partial charge on any atom is -0.427 e. The van der Waals surface area contributed by atoms with Gasteiger partial charge < -0.3 is 20.9 Å². The van der Waals surface area contributed by atoms with E-state index in [1.165, 1.54) is 73.6 Å². The van der Waals surface area contributed by atoms with E-state index in [4.69, 9.17) is 20.9 Å². The van der Waals surface area contributed by atoms with Crippen LogP contribution in [0, 0.1) is 11.8 Å². The topological polar surface area (TPSA) is 105 Å². The van der Waals surface area contributed by atoms with E-state index in [-0.39, 0.29) is 34.9 Å². The van der Waals surface area contributed by atoms with Gasteiger partial charge in [-0.2, -0.15) is 0 Å². The van der Waals surface area contributed by atoms with Crippen LogP contribution in [-0.2, 0) is 33.3 Å². The van der Waals surface area contributed by atoms with E-state index in [1.54, 1.807) is 0 Å². The maximum atomic E-state index is 12.7. The van der Waals surface area contributed by atoms with Gasteiger partial charge in [-0.3, -0.25) is 9.59 Å². The van der Waals surface area contributed by atoms with Crippen molar-refractivity contribution in [3.63, 3.8) is 0 Å². The minimum absolute atomic E-state index is 0.0513. The van der Waals surface area contributed by atoms with Crippen LogP contribution in [0.3, 0.4) is 0 Å². The number of hydrogen-bond acceptors (Lipinski definition) is 6. The molecule has 6 nitrogen and oxygen atoms in total. The molecule has 2 saturated carbocycles. The third kappa shape index (κ3) is 7.70. The van der Waals surface area contributed by atoms with Gasteiger partial charge in [0.15, 0.2) is 0 Å². The largest absolute Gasteiger partial charge is 0.427 e. The summed E-state index contributed by atoms with van der Waals surface area (Å²) in [6.07, 6.45) is 20.7. The van der Waals surface area contributed by atoms with Crippen molar-refractivity contribution >= 4 is 11.9 Å². The highest BCUT2D eigenvalue weighted by molar-refractivity contribution is 5.73. The molecular formula is C42H60N2O4. The zero-order chi connectivity index (χ0) is 33.7. The normalized spacial score (nSPS) is 29.7. The third-order valence-corrected chi connectivity index (χ3v) is 12.9. The summed E-state index contributed by atoms with van der Waals surface area (Å²) in [4.78, 5) is 25.4. The van der Waals surface area contributed by atoms with Gasteiger partial charge >= 0.3 is 11.9 Å². The number of ether oxygens (including phenoxy) is 2. The molecule has 6 unspecified atom stereocenters. The van der Waals surface area contributed by atoms with Gasteiger partial charge in [-0.05, 0) is 110 Å². The molecule has 0 saturated heterocycles. The fourth-order valence-electron chi connectivity index (χ4n) is 9.80. The first-order chi connectivity index (χ1) is 23.2. The van der Waals surface area contributed by atoms with Crippen molar-refractivity contribution in [3.05, 3.63) is 58.7 Å². The third-order valence-electron chi connectivity index (χ3n) is 12.9. The molecule has 4 bridgehead atoms. The van der Waals surface area contributed by atoms with Crippen LogP contribution in [0.5, 0.6) is 11.5 Å². The molecule has 4 aliphatic rings. The summed E-state index contributed by atoms with van der Waals surface area (Å²) in [7, 11) is 0. The highest BCUT2D eigenvalue weighted by atomic mass is 16.5. The first-order valence-corrected chi connectivity index (χ1v) is 19.4. The van der Waals surface area contributed by atoms with Crippen LogP contribution in [-0.4, -0.2) is 24.0 Å². The van der Waals surface area contributed by atoms with Crippen molar-refractivity contribution in [2.75, 3.05) is 0 Å². The lowest BCUT2D eigenvalue weighted by Gasteiger charge is -2.47. The number of benzene rings is 2. The zero-order valence-electron chi connectivity index (χ0n) is 29.7. The summed E-state index contributed by atoms with van der Waals surface area (Å²) in [5, 5.41) is 0. The molecule has 48 heavy (non-hydrogen) atoms. The van der Waals surface area contributed by atoms with E-state index < -0.39 is 0 Å². The van der Waals surface area contributed by atoms with Gasteiger partial charge in [-0.1, -0.05) is 90.2 Å². The van der Waals surface area contributed by atoms with Crippen LogP contribution in [0.15, 0.2) is 36.4 Å². The number of esters is 2. The molecule has 0 heterocycles. The Morgan fingerprint density at radius 2 is 1.04 bits per heavy atom. The molecule has 2 aromatic carbocycles. The van der Waals surface area contributed by atoms with Crippen molar-refractivity contribution in [2.45, 2.75) is 165 Å². The average Bonchev–Trinajstić information content (AvgIpc) is 3.06. The Labute approximate surface area is 289 Å². The van der Waals surface area contributed by atoms with Crippen LogP contribution in [0.4, 0.5) is 0 Å². The Bertz CT molecular complexity index is 1330. The van der Waals surface area contributed by atoms with E-state index >= 15 is 0 Å². The number of carbonyl (C=O) groups excluding carboxylic acids is 2. The predicted octanol–water partition coefficient (Wildman–Crippen LogP) is 8.76. The van der Waals surface area contributed by atoms with E-state index in [9.17, 15) is 9.59 Å². The summed E-state index contributed by atoms with van der Waals surface area (Å²) in [5.41, 5.74) is 18.9. The highest BCUT2D eigenvalue weighted by Crippen LogP contribution is 2.48. The van der Waals surface area contributed by atoms with Crippen molar-refractivity contribution in [2.24, 2.45) is 23.3 Å². The molecule has 2 aromatic rings. The summed E-state index contributed by atoms with van der Waals surface area (Å²) in [6.45, 7) is 4.64. The number of unbranched alkanes of at least 4 members (excludes halogenated alkanes) is 5. The van der Waals surface area contributed by atoms with Crippen LogP contribution in [0.25, 0.3) is 0 Å². The Hall–Kier alpha value is -2.70. The lowest BCUT2D eigenvalue weighted by Crippen LogP contribution is -2.52. The lowest BCUT2D eigenvalue weighted by molar-refractivity contribution is -0.135. The number of rotatable bonds is 11. The number of nitrogens with two attached hydrogens (primary N) is 2. The van der Waals surface area contributed by atoms with E-state index in [0.29, 0.717) is 36.2 Å². The Balaban J connectivity index is 0.883. The van der Waals surface area contributed by atoms with Crippen molar-refractivity contribution in [1.29, 1.82) is 0 Å². The van der Waals surface area contributed by atoms with Crippen molar-refractivity contribution < 1.29 is 19.1 Å². The molecule has 0 aliphatic heterocycles. The summed E-state index contributed by atoms with van der Waals surface area (Å²) in [6, 6.07) is 12.8. The van der Waals surface area contributed by atoms with Crippen LogP contribution in [0.1, 0.15) is 152 Å². The molecule has 6 atom stereocenters. The number of fused-ring (bicyclic) bond motifs is 8. The second-order valence-corrected chi connectivity index (χ2v) is 16.2. The first-order valence-electron chi connectivity index (χ1n) is 19.4. The molecule has 0 amide bonds. The fraction of sp³-hybridized carbons (Fsp3) is 0.667. The van der Waals surface area contributed by atoms with E-state index in [1.807, 2.05) is 12.1 Å². The van der Waals surface area contributed by atoms with Gasteiger partial charge in [0.2, 0.25) is 0 Å². The maximum Gasteiger partial charge on any atom is 0.311 e. The van der Waals surface area contributed by atoms with Gasteiger partial charge in [0.25, 0.3) is 0 Å². The van der Waals surface area contributed by atoms with Gasteiger partial charge in [-0.15, -0.1) is 0 Å². The molecule has 4 N–H and O–H groups in total. The second-order valence-electron chi connectivity index (χ2n) is 16.2. The maximum absolute atomic E-state index is 12.7. The van der Waals surface area contributed by atoms with Gasteiger partial charge in [0.05, 0.1) is 0 Å². The molecule has 6 rings (SSSR count). The average molecular weight is 657 g/mol. The highest BCUT2D eigenvalue weighted by Gasteiger charge is 2.45. The second kappa shape index (κ2) is 15.5. The van der Waals surface area contributed by atoms with Crippen LogP contribution < -0.4 is 20.9 Å². The molecular weight excluding hydrogens is 596 g/mol. The van der Waals surface area contributed by atoms with Gasteiger partial charge in [0, 0.05) is 35.8 Å². The molecule has 2 fully saturated rings. The Morgan fingerprint density at radius 3 is 1.48 bits per heavy atom. The lowest BCUT2D eigenvalue weighted by atomic mass is 9.60. The standard InChI is InChI=1S/C42H60N2O4/c1-41-23-13-7-9-15-31(39(41)43)25-29-19-21-33(27-35(29)41)47-37(45)17-11-5-3-4-6-12-18-38(46)48-34-22-20-30-26-32-16-10-8-14-24-42(2,40(32)44)36(30)28-34/h19-22,27-28,31-32,39-40H,3-18,23-26,43-44H2,1-2H3. The molecule has 0 radical (unpaired) electrons. The Morgan fingerprint density at radius 1 is 0.625 bits per heavy atom. The molecule has 0 spiro atoms. The first kappa shape index (κ1) is 35.1. The number of hydrogen-bond donors (Lipinski definition) is 2. The van der Waals surface area contributed by atoms with Crippen LogP contribution in [0.2, 0.25) is 0 Å². The van der Waals surface area contributed by atoms with Gasteiger partial charge in [0.1, 0.15) is 11.5 Å². The molecule has 4 aliphatic carbocycles. The van der Waals surface area contributed by atoms with E-state index in [0.717, 1.165) is 64.2 Å². The van der Waals surface area contributed by atoms with E-state index in [2.05, 4.69) is 38.1 Å². The van der Waals surface area contributed by atoms with Crippen LogP contribution >= 0.6 is 0 Å². The monoisotopic (exact) mass is 656 g/mol. The number of carbonyl (C=O) groups is 2. The smallest absolute Gasteiger partial charge is 0.311 e. The van der Waals surface area contributed by atoms with Crippen molar-refractivity contribution in [3.8, 4) is 11.5 Å². The molecule has 262 valence electrons. The summed E-state index contributed by atoms with van der Waals surface area (Å²) in [5.74, 6) is 2.07. The summed E-state index contributed by atoms with van der Waals surface area (Å²) >= 11 is 0. The fourth-order valence-corrected chi connectivity index (χ4v) is 9.80. The predicted molar refractivity (Wildman–Crippen MR) is 192 cm³/mol.